The van der Waals surface area contributed by atoms with Gasteiger partial charge in [-0.25, -0.2) is 0 Å². The zero-order valence-electron chi connectivity index (χ0n) is 16.7. The molecule has 0 amide bonds. The SMILES string of the molecule is Cc1cc(C[C@H](N)C(=O)OCC(=O)C(C)C)cc(I)c1Oc1cc(I)c(O)c(I)c1. The molecule has 9 heteroatoms. The highest BCUT2D eigenvalue weighted by Gasteiger charge is 2.20. The number of rotatable bonds is 8. The Morgan fingerprint density at radius 2 is 1.67 bits per heavy atom. The molecule has 2 rings (SSSR count). The van der Waals surface area contributed by atoms with Gasteiger partial charge in [-0.2, -0.15) is 0 Å². The van der Waals surface area contributed by atoms with Crippen LogP contribution in [-0.4, -0.2) is 29.5 Å². The second kappa shape index (κ2) is 11.3. The Morgan fingerprint density at radius 1 is 1.07 bits per heavy atom. The third kappa shape index (κ3) is 6.92. The summed E-state index contributed by atoms with van der Waals surface area (Å²) in [6.07, 6.45) is 0.292. The van der Waals surface area contributed by atoms with Crippen LogP contribution in [0.4, 0.5) is 0 Å². The average Bonchev–Trinajstić information content (AvgIpc) is 2.66. The second-order valence-corrected chi connectivity index (χ2v) is 10.6. The van der Waals surface area contributed by atoms with Crippen molar-refractivity contribution in [3.8, 4) is 17.2 Å². The van der Waals surface area contributed by atoms with Crippen molar-refractivity contribution in [2.45, 2.75) is 33.2 Å². The lowest BCUT2D eigenvalue weighted by Gasteiger charge is -2.16. The van der Waals surface area contributed by atoms with E-state index in [1.165, 1.54) is 0 Å². The monoisotopic (exact) mass is 749 g/mol. The summed E-state index contributed by atoms with van der Waals surface area (Å²) in [6, 6.07) is 6.51. The highest BCUT2D eigenvalue weighted by molar-refractivity contribution is 14.1. The first kappa shape index (κ1) is 25.6. The maximum absolute atomic E-state index is 12.1. The molecule has 2 aromatic rings. The minimum absolute atomic E-state index is 0.138. The van der Waals surface area contributed by atoms with E-state index in [1.54, 1.807) is 26.0 Å². The van der Waals surface area contributed by atoms with Crippen molar-refractivity contribution in [1.82, 2.24) is 0 Å². The van der Waals surface area contributed by atoms with E-state index in [0.29, 0.717) is 25.1 Å². The Balaban J connectivity index is 2.10. The van der Waals surface area contributed by atoms with Crippen LogP contribution in [-0.2, 0) is 20.7 Å². The largest absolute Gasteiger partial charge is 0.506 e. The van der Waals surface area contributed by atoms with Gasteiger partial charge in [0, 0.05) is 5.92 Å². The molecule has 0 bridgehead atoms. The van der Waals surface area contributed by atoms with Crippen molar-refractivity contribution in [2.24, 2.45) is 11.7 Å². The van der Waals surface area contributed by atoms with Gasteiger partial charge < -0.3 is 20.3 Å². The molecule has 0 aliphatic carbocycles. The van der Waals surface area contributed by atoms with Crippen molar-refractivity contribution < 1.29 is 24.2 Å². The summed E-state index contributed by atoms with van der Waals surface area (Å²) in [5.41, 5.74) is 7.74. The van der Waals surface area contributed by atoms with Crippen molar-refractivity contribution in [3.05, 3.63) is 46.1 Å². The first-order valence-corrected chi connectivity index (χ1v) is 12.3. The van der Waals surface area contributed by atoms with Gasteiger partial charge in [0.05, 0.1) is 10.7 Å². The topological polar surface area (TPSA) is 98.9 Å². The molecule has 0 radical (unpaired) electrons. The van der Waals surface area contributed by atoms with Crippen molar-refractivity contribution in [3.63, 3.8) is 0 Å². The normalized spacial score (nSPS) is 12.0. The van der Waals surface area contributed by atoms with E-state index < -0.39 is 12.0 Å². The van der Waals surface area contributed by atoms with Crippen molar-refractivity contribution in [2.75, 3.05) is 6.61 Å². The summed E-state index contributed by atoms with van der Waals surface area (Å²) in [5.74, 6) is 0.652. The summed E-state index contributed by atoms with van der Waals surface area (Å²) < 4.78 is 13.4. The highest BCUT2D eigenvalue weighted by atomic mass is 127. The van der Waals surface area contributed by atoms with Gasteiger partial charge in [-0.1, -0.05) is 19.9 Å². The Morgan fingerprint density at radius 3 is 2.20 bits per heavy atom. The highest BCUT2D eigenvalue weighted by Crippen LogP contribution is 2.36. The number of halogens is 3. The molecule has 6 nitrogen and oxygen atoms in total. The van der Waals surface area contributed by atoms with E-state index in [2.05, 4.69) is 67.8 Å². The van der Waals surface area contributed by atoms with Gasteiger partial charge in [0.1, 0.15) is 29.9 Å². The molecule has 0 saturated carbocycles. The number of hydrogen-bond acceptors (Lipinski definition) is 6. The lowest BCUT2D eigenvalue weighted by molar-refractivity contribution is -0.149. The summed E-state index contributed by atoms with van der Waals surface area (Å²) in [4.78, 5) is 23.7. The van der Waals surface area contributed by atoms with Crippen LogP contribution in [0.3, 0.4) is 0 Å². The van der Waals surface area contributed by atoms with Gasteiger partial charge in [-0.05, 0) is 110 Å². The van der Waals surface area contributed by atoms with Gasteiger partial charge >= 0.3 is 5.97 Å². The summed E-state index contributed by atoms with van der Waals surface area (Å²) in [7, 11) is 0. The summed E-state index contributed by atoms with van der Waals surface area (Å²) in [5, 5.41) is 9.93. The lowest BCUT2D eigenvalue weighted by Crippen LogP contribution is -2.35. The molecule has 0 fully saturated rings. The molecule has 0 aromatic heterocycles. The van der Waals surface area contributed by atoms with Crippen LogP contribution in [0.5, 0.6) is 17.2 Å². The van der Waals surface area contributed by atoms with E-state index in [1.807, 2.05) is 19.1 Å². The van der Waals surface area contributed by atoms with E-state index in [0.717, 1.165) is 14.7 Å². The van der Waals surface area contributed by atoms with Gasteiger partial charge in [0.15, 0.2) is 5.78 Å². The quantitative estimate of drug-likeness (QED) is 0.293. The van der Waals surface area contributed by atoms with Crippen LogP contribution in [0, 0.1) is 23.6 Å². The standard InChI is InChI=1S/C21H22I3NO5/c1-10(2)18(26)9-29-21(28)17(25)6-12-4-11(3)20(16(24)5-12)30-13-7-14(22)19(27)15(23)8-13/h4-5,7-8,10,17,27H,6,9,25H2,1-3H3/t17-/m0/s1. The Bertz CT molecular complexity index is 916. The van der Waals surface area contributed by atoms with Crippen molar-refractivity contribution >= 4 is 79.5 Å². The number of phenolic OH excluding ortho intramolecular Hbond substituents is 1. The average molecular weight is 749 g/mol. The number of nitrogens with two attached hydrogens (primary N) is 1. The van der Waals surface area contributed by atoms with Crippen LogP contribution in [0.25, 0.3) is 0 Å². The fourth-order valence-electron chi connectivity index (χ4n) is 2.52. The molecule has 0 unspecified atom stereocenters. The predicted molar refractivity (Wildman–Crippen MR) is 140 cm³/mol. The van der Waals surface area contributed by atoms with Crippen LogP contribution >= 0.6 is 67.8 Å². The molecular formula is C21H22I3NO5. The van der Waals surface area contributed by atoms with Crippen LogP contribution in [0.15, 0.2) is 24.3 Å². The Hall–Kier alpha value is -0.670. The fourth-order valence-corrected chi connectivity index (χ4v) is 5.17. The minimum atomic E-state index is -0.854. The number of hydrogen-bond donors (Lipinski definition) is 2. The molecule has 162 valence electrons. The first-order chi connectivity index (χ1) is 14.0. The first-order valence-electron chi connectivity index (χ1n) is 9.09. The summed E-state index contributed by atoms with van der Waals surface area (Å²) >= 11 is 6.30. The van der Waals surface area contributed by atoms with Gasteiger partial charge in [-0.15, -0.1) is 0 Å². The molecule has 0 saturated heterocycles. The fraction of sp³-hybridized carbons (Fsp3) is 0.333. The zero-order chi connectivity index (χ0) is 22.6. The molecule has 3 N–H and O–H groups in total. The van der Waals surface area contributed by atoms with Gasteiger partial charge in [-0.3, -0.25) is 9.59 Å². The number of phenols is 1. The van der Waals surface area contributed by atoms with Gasteiger partial charge in [0.2, 0.25) is 0 Å². The van der Waals surface area contributed by atoms with Crippen LogP contribution in [0.2, 0.25) is 0 Å². The third-order valence-electron chi connectivity index (χ3n) is 4.26. The number of carbonyl (C=O) groups excluding carboxylic acids is 2. The molecule has 2 aromatic carbocycles. The molecule has 0 aliphatic heterocycles. The molecule has 30 heavy (non-hydrogen) atoms. The number of esters is 1. The smallest absolute Gasteiger partial charge is 0.323 e. The molecular weight excluding hydrogens is 727 g/mol. The number of carbonyl (C=O) groups is 2. The predicted octanol–water partition coefficient (Wildman–Crippen LogP) is 4.94. The number of ether oxygens (including phenoxy) is 2. The Labute approximate surface area is 216 Å². The number of Topliss-reactive ketones (excluding diaryl/α,β-unsaturated/α-hetero) is 1. The summed E-state index contributed by atoms with van der Waals surface area (Å²) in [6.45, 7) is 5.18. The van der Waals surface area contributed by atoms with Crippen LogP contribution < -0.4 is 10.5 Å². The minimum Gasteiger partial charge on any atom is -0.506 e. The third-order valence-corrected chi connectivity index (χ3v) is 6.70. The zero-order valence-corrected chi connectivity index (χ0v) is 23.1. The number of ketones is 1. The number of aromatic hydroxyl groups is 1. The molecule has 1 atom stereocenters. The van der Waals surface area contributed by atoms with Gasteiger partial charge in [0.25, 0.3) is 0 Å². The van der Waals surface area contributed by atoms with Crippen molar-refractivity contribution in [1.29, 1.82) is 0 Å². The van der Waals surface area contributed by atoms with Crippen LogP contribution in [0.1, 0.15) is 25.0 Å². The van der Waals surface area contributed by atoms with E-state index in [4.69, 9.17) is 15.2 Å². The molecule has 0 aliphatic rings. The second-order valence-electron chi connectivity index (χ2n) is 7.10. The van der Waals surface area contributed by atoms with E-state index >= 15 is 0 Å². The number of aryl methyl sites for hydroxylation is 1. The Kier molecular flexibility index (Phi) is 9.61. The van der Waals surface area contributed by atoms with E-state index in [-0.39, 0.29) is 24.1 Å². The number of benzene rings is 2. The maximum atomic E-state index is 12.1. The van der Waals surface area contributed by atoms with E-state index in [9.17, 15) is 14.7 Å². The maximum Gasteiger partial charge on any atom is 0.323 e. The molecule has 0 spiro atoms. The lowest BCUT2D eigenvalue weighted by atomic mass is 10.0. The molecule has 0 heterocycles.